The molecule has 60 valence electrons. The molecule has 0 atom stereocenters. The molecule has 0 aromatic heterocycles. The van der Waals surface area contributed by atoms with E-state index >= 15 is 0 Å². The highest BCUT2D eigenvalue weighted by atomic mass is 35.5. The highest BCUT2D eigenvalue weighted by Gasteiger charge is 2.09. The molecule has 0 aliphatic rings. The maximum absolute atomic E-state index is 12.7. The van der Waals surface area contributed by atoms with Crippen molar-refractivity contribution in [2.75, 3.05) is 7.11 Å². The third-order valence-electron chi connectivity index (χ3n) is 1.21. The number of hydrogen-bond acceptors (Lipinski definition) is 1. The van der Waals surface area contributed by atoms with Crippen molar-refractivity contribution in [3.63, 3.8) is 0 Å². The zero-order valence-electron chi connectivity index (χ0n) is 5.70. The number of halogens is 3. The van der Waals surface area contributed by atoms with Crippen molar-refractivity contribution >= 4 is 23.2 Å². The molecule has 0 unspecified atom stereocenters. The van der Waals surface area contributed by atoms with Crippen molar-refractivity contribution in [1.29, 1.82) is 0 Å². The summed E-state index contributed by atoms with van der Waals surface area (Å²) in [5, 5.41) is 0.221. The van der Waals surface area contributed by atoms with Gasteiger partial charge in [-0.3, -0.25) is 0 Å². The standard InChI is InChI=1S/C7H5Cl2FO/c1-11-7-4(8)2-3-5(10)6(7)9/h2-3H,1H3. The predicted octanol–water partition coefficient (Wildman–Crippen LogP) is 3.14. The van der Waals surface area contributed by atoms with Crippen LogP contribution in [0.4, 0.5) is 4.39 Å². The van der Waals surface area contributed by atoms with Gasteiger partial charge in [0, 0.05) is 0 Å². The molecule has 0 aliphatic carbocycles. The van der Waals surface area contributed by atoms with E-state index in [1.165, 1.54) is 19.2 Å². The highest BCUT2D eigenvalue weighted by molar-refractivity contribution is 6.37. The van der Waals surface area contributed by atoms with Crippen molar-refractivity contribution in [2.45, 2.75) is 0 Å². The van der Waals surface area contributed by atoms with Gasteiger partial charge in [-0.2, -0.15) is 0 Å². The fourth-order valence-electron chi connectivity index (χ4n) is 0.696. The summed E-state index contributed by atoms with van der Waals surface area (Å²) in [6.45, 7) is 0. The zero-order valence-corrected chi connectivity index (χ0v) is 7.21. The first-order valence-corrected chi connectivity index (χ1v) is 3.60. The molecular weight excluding hydrogens is 190 g/mol. The average Bonchev–Trinajstić information content (AvgIpc) is 1.99. The van der Waals surface area contributed by atoms with Crippen LogP contribution in [0.2, 0.25) is 10.0 Å². The van der Waals surface area contributed by atoms with E-state index in [0.717, 1.165) is 0 Å². The second kappa shape index (κ2) is 3.28. The van der Waals surface area contributed by atoms with Gasteiger partial charge in [0.25, 0.3) is 0 Å². The molecule has 0 fully saturated rings. The summed E-state index contributed by atoms with van der Waals surface area (Å²) in [6, 6.07) is 2.58. The summed E-state index contributed by atoms with van der Waals surface area (Å²) >= 11 is 11.1. The van der Waals surface area contributed by atoms with Crippen molar-refractivity contribution in [1.82, 2.24) is 0 Å². The summed E-state index contributed by atoms with van der Waals surface area (Å²) in [7, 11) is 1.38. The lowest BCUT2D eigenvalue weighted by atomic mass is 10.3. The number of methoxy groups -OCH3 is 1. The summed E-state index contributed by atoms with van der Waals surface area (Å²) in [5.74, 6) is -0.360. The molecule has 1 aromatic carbocycles. The Balaban J connectivity index is 3.29. The van der Waals surface area contributed by atoms with Crippen LogP contribution in [0.25, 0.3) is 0 Å². The van der Waals surface area contributed by atoms with Crippen LogP contribution in [0.3, 0.4) is 0 Å². The fraction of sp³-hybridized carbons (Fsp3) is 0.143. The van der Waals surface area contributed by atoms with Crippen LogP contribution in [-0.4, -0.2) is 7.11 Å². The topological polar surface area (TPSA) is 9.23 Å². The van der Waals surface area contributed by atoms with Crippen LogP contribution >= 0.6 is 23.2 Å². The van der Waals surface area contributed by atoms with E-state index in [9.17, 15) is 4.39 Å². The fourth-order valence-corrected chi connectivity index (χ4v) is 1.22. The van der Waals surface area contributed by atoms with Gasteiger partial charge in [0.05, 0.1) is 12.1 Å². The number of rotatable bonds is 1. The van der Waals surface area contributed by atoms with E-state index < -0.39 is 5.82 Å². The van der Waals surface area contributed by atoms with Gasteiger partial charge in [0.2, 0.25) is 0 Å². The van der Waals surface area contributed by atoms with Gasteiger partial charge in [0.1, 0.15) is 10.8 Å². The summed E-state index contributed by atoms with van der Waals surface area (Å²) in [4.78, 5) is 0. The third kappa shape index (κ3) is 1.57. The lowest BCUT2D eigenvalue weighted by Crippen LogP contribution is -1.87. The van der Waals surface area contributed by atoms with E-state index in [1.54, 1.807) is 0 Å². The minimum absolute atomic E-state index is 0.0833. The first-order chi connectivity index (χ1) is 5.16. The van der Waals surface area contributed by atoms with Crippen LogP contribution < -0.4 is 4.74 Å². The van der Waals surface area contributed by atoms with Gasteiger partial charge in [0.15, 0.2) is 5.75 Å². The molecule has 4 heteroatoms. The van der Waals surface area contributed by atoms with Crippen LogP contribution in [0.1, 0.15) is 0 Å². The lowest BCUT2D eigenvalue weighted by molar-refractivity contribution is 0.412. The van der Waals surface area contributed by atoms with Crippen LogP contribution in [0.5, 0.6) is 5.75 Å². The molecule has 0 radical (unpaired) electrons. The molecule has 0 saturated carbocycles. The van der Waals surface area contributed by atoms with Gasteiger partial charge >= 0.3 is 0 Å². The molecule has 0 N–H and O–H groups in total. The first kappa shape index (κ1) is 8.62. The Morgan fingerprint density at radius 1 is 1.36 bits per heavy atom. The first-order valence-electron chi connectivity index (χ1n) is 2.84. The highest BCUT2D eigenvalue weighted by Crippen LogP contribution is 2.33. The van der Waals surface area contributed by atoms with Crippen molar-refractivity contribution in [3.05, 3.63) is 28.0 Å². The van der Waals surface area contributed by atoms with Gasteiger partial charge in [-0.25, -0.2) is 4.39 Å². The molecule has 0 amide bonds. The minimum atomic E-state index is -0.534. The van der Waals surface area contributed by atoms with Gasteiger partial charge in [-0.1, -0.05) is 23.2 Å². The SMILES string of the molecule is COc1c(Cl)ccc(F)c1Cl. The normalized spacial score (nSPS) is 9.82. The minimum Gasteiger partial charge on any atom is -0.494 e. The predicted molar refractivity (Wildman–Crippen MR) is 43.0 cm³/mol. The Morgan fingerprint density at radius 2 is 2.00 bits per heavy atom. The zero-order chi connectivity index (χ0) is 8.43. The average molecular weight is 195 g/mol. The Morgan fingerprint density at radius 3 is 2.45 bits per heavy atom. The van der Waals surface area contributed by atoms with Crippen molar-refractivity contribution in [2.24, 2.45) is 0 Å². The lowest BCUT2D eigenvalue weighted by Gasteiger charge is -2.04. The van der Waals surface area contributed by atoms with Crippen LogP contribution in [0.15, 0.2) is 12.1 Å². The molecule has 1 nitrogen and oxygen atoms in total. The van der Waals surface area contributed by atoms with Crippen molar-refractivity contribution < 1.29 is 9.13 Å². The molecule has 0 aliphatic heterocycles. The van der Waals surface area contributed by atoms with Crippen LogP contribution in [-0.2, 0) is 0 Å². The van der Waals surface area contributed by atoms with E-state index in [2.05, 4.69) is 0 Å². The van der Waals surface area contributed by atoms with Gasteiger partial charge < -0.3 is 4.74 Å². The van der Waals surface area contributed by atoms with E-state index in [-0.39, 0.29) is 10.8 Å². The largest absolute Gasteiger partial charge is 0.494 e. The molecule has 1 rings (SSSR count). The molecule has 1 aromatic rings. The molecule has 0 saturated heterocycles. The summed E-state index contributed by atoms with van der Waals surface area (Å²) < 4.78 is 17.4. The third-order valence-corrected chi connectivity index (χ3v) is 1.86. The summed E-state index contributed by atoms with van der Waals surface area (Å²) in [5.41, 5.74) is 0. The van der Waals surface area contributed by atoms with E-state index in [0.29, 0.717) is 5.02 Å². The van der Waals surface area contributed by atoms with Crippen molar-refractivity contribution in [3.8, 4) is 5.75 Å². The molecule has 11 heavy (non-hydrogen) atoms. The molecule has 0 spiro atoms. The maximum Gasteiger partial charge on any atom is 0.159 e. The van der Waals surface area contributed by atoms with Gasteiger partial charge in [-0.15, -0.1) is 0 Å². The monoisotopic (exact) mass is 194 g/mol. The smallest absolute Gasteiger partial charge is 0.159 e. The molecule has 0 bridgehead atoms. The quantitative estimate of drug-likeness (QED) is 0.625. The number of hydrogen-bond donors (Lipinski definition) is 0. The Labute approximate surface area is 73.7 Å². The molecule has 0 heterocycles. The second-order valence-corrected chi connectivity index (χ2v) is 2.66. The Hall–Kier alpha value is -0.470. The number of benzene rings is 1. The van der Waals surface area contributed by atoms with Gasteiger partial charge in [-0.05, 0) is 12.1 Å². The van der Waals surface area contributed by atoms with Crippen LogP contribution in [0, 0.1) is 5.82 Å². The summed E-state index contributed by atoms with van der Waals surface area (Å²) in [6.07, 6.45) is 0. The second-order valence-electron chi connectivity index (χ2n) is 1.88. The van der Waals surface area contributed by atoms with E-state index in [4.69, 9.17) is 27.9 Å². The maximum atomic E-state index is 12.7. The molecular formula is C7H5Cl2FO. The Bertz CT molecular complexity index is 275. The van der Waals surface area contributed by atoms with E-state index in [1.807, 2.05) is 0 Å². The Kier molecular flexibility index (Phi) is 2.58. The number of ether oxygens (including phenoxy) is 1.